The molecular formula is C11H22O2. The van der Waals surface area contributed by atoms with Gasteiger partial charge >= 0.3 is 0 Å². The fourth-order valence-corrected chi connectivity index (χ4v) is 2.08. The molecule has 0 aromatic rings. The second kappa shape index (κ2) is 5.61. The van der Waals surface area contributed by atoms with E-state index in [1.54, 1.807) is 0 Å². The van der Waals surface area contributed by atoms with E-state index in [2.05, 4.69) is 0 Å². The highest BCUT2D eigenvalue weighted by Gasteiger charge is 2.18. The van der Waals surface area contributed by atoms with Gasteiger partial charge in [-0.2, -0.15) is 0 Å². The van der Waals surface area contributed by atoms with Crippen LogP contribution in [0.1, 0.15) is 52.4 Å². The summed E-state index contributed by atoms with van der Waals surface area (Å²) in [5.41, 5.74) is 0. The lowest BCUT2D eigenvalue weighted by Gasteiger charge is -2.24. The Morgan fingerprint density at radius 2 is 1.85 bits per heavy atom. The Balaban J connectivity index is 2.14. The summed E-state index contributed by atoms with van der Waals surface area (Å²) >= 11 is 0. The average Bonchev–Trinajstić information content (AvgIpc) is 2.04. The minimum absolute atomic E-state index is 0.138. The first-order valence-electron chi connectivity index (χ1n) is 5.52. The molecule has 1 fully saturated rings. The first-order chi connectivity index (χ1) is 6.18. The van der Waals surface area contributed by atoms with Gasteiger partial charge in [0.2, 0.25) is 0 Å². The van der Waals surface area contributed by atoms with Crippen molar-refractivity contribution in [3.05, 3.63) is 0 Å². The van der Waals surface area contributed by atoms with Crippen LogP contribution in [0, 0.1) is 5.92 Å². The van der Waals surface area contributed by atoms with Gasteiger partial charge in [-0.25, -0.2) is 0 Å². The van der Waals surface area contributed by atoms with Crippen molar-refractivity contribution in [2.45, 2.75) is 64.8 Å². The topological polar surface area (TPSA) is 29.5 Å². The molecule has 1 unspecified atom stereocenters. The summed E-state index contributed by atoms with van der Waals surface area (Å²) in [4.78, 5) is 0. The largest absolute Gasteiger partial charge is 0.368 e. The molecule has 1 N–H and O–H groups in total. The minimum Gasteiger partial charge on any atom is -0.368 e. The van der Waals surface area contributed by atoms with Gasteiger partial charge in [0.1, 0.15) is 0 Å². The lowest BCUT2D eigenvalue weighted by Crippen LogP contribution is -2.21. The lowest BCUT2D eigenvalue weighted by molar-refractivity contribution is -0.136. The number of ether oxygens (including phenoxy) is 1. The molecule has 0 radical (unpaired) electrons. The summed E-state index contributed by atoms with van der Waals surface area (Å²) in [6.45, 7) is 3.92. The molecule has 1 saturated carbocycles. The summed E-state index contributed by atoms with van der Waals surface area (Å²) in [5, 5.41) is 9.55. The average molecular weight is 186 g/mol. The molecule has 0 aliphatic heterocycles. The van der Waals surface area contributed by atoms with E-state index < -0.39 is 6.29 Å². The smallest absolute Gasteiger partial charge is 0.155 e. The van der Waals surface area contributed by atoms with E-state index >= 15 is 0 Å². The Labute approximate surface area is 81.3 Å². The molecule has 1 aliphatic rings. The zero-order chi connectivity index (χ0) is 9.68. The maximum absolute atomic E-state index is 9.55. The zero-order valence-electron chi connectivity index (χ0n) is 8.83. The van der Waals surface area contributed by atoms with Crippen molar-refractivity contribution in [2.75, 3.05) is 0 Å². The van der Waals surface area contributed by atoms with Gasteiger partial charge in [0.05, 0.1) is 6.10 Å². The van der Waals surface area contributed by atoms with Gasteiger partial charge in [-0.1, -0.05) is 32.1 Å². The first kappa shape index (κ1) is 11.0. The normalized spacial score (nSPS) is 22.2. The molecule has 0 saturated heterocycles. The molecular weight excluding hydrogens is 164 g/mol. The van der Waals surface area contributed by atoms with E-state index in [9.17, 15) is 5.11 Å². The van der Waals surface area contributed by atoms with Gasteiger partial charge in [0, 0.05) is 6.42 Å². The first-order valence-corrected chi connectivity index (χ1v) is 5.52. The van der Waals surface area contributed by atoms with E-state index in [-0.39, 0.29) is 6.10 Å². The summed E-state index contributed by atoms with van der Waals surface area (Å²) in [6.07, 6.45) is 7.02. The predicted molar refractivity (Wildman–Crippen MR) is 53.4 cm³/mol. The third-order valence-electron chi connectivity index (χ3n) is 2.69. The van der Waals surface area contributed by atoms with E-state index in [1.165, 1.54) is 32.1 Å². The number of hydrogen-bond acceptors (Lipinski definition) is 2. The van der Waals surface area contributed by atoms with E-state index in [0.29, 0.717) is 5.92 Å². The Kier molecular flexibility index (Phi) is 4.74. The summed E-state index contributed by atoms with van der Waals surface area (Å²) in [6, 6.07) is 0. The molecule has 2 heteroatoms. The van der Waals surface area contributed by atoms with Crippen LogP contribution in [-0.4, -0.2) is 17.5 Å². The monoisotopic (exact) mass is 186 g/mol. The molecule has 0 spiro atoms. The van der Waals surface area contributed by atoms with Gasteiger partial charge in [0.25, 0.3) is 0 Å². The third kappa shape index (κ3) is 4.63. The van der Waals surface area contributed by atoms with Crippen LogP contribution < -0.4 is 0 Å². The Bertz CT molecular complexity index is 128. The fourth-order valence-electron chi connectivity index (χ4n) is 2.08. The van der Waals surface area contributed by atoms with Crippen LogP contribution >= 0.6 is 0 Å². The van der Waals surface area contributed by atoms with E-state index in [0.717, 1.165) is 6.42 Å². The third-order valence-corrected chi connectivity index (χ3v) is 2.69. The summed E-state index contributed by atoms with van der Waals surface area (Å²) in [5.74, 6) is 0.697. The predicted octanol–water partition coefficient (Wildman–Crippen LogP) is 2.70. The van der Waals surface area contributed by atoms with Crippen LogP contribution in [-0.2, 0) is 4.74 Å². The van der Waals surface area contributed by atoms with Gasteiger partial charge in [-0.05, 0) is 19.8 Å². The molecule has 1 aliphatic carbocycles. The van der Waals surface area contributed by atoms with Crippen molar-refractivity contribution in [1.82, 2.24) is 0 Å². The van der Waals surface area contributed by atoms with E-state index in [4.69, 9.17) is 4.74 Å². The van der Waals surface area contributed by atoms with Crippen LogP contribution in [0.25, 0.3) is 0 Å². The van der Waals surface area contributed by atoms with Gasteiger partial charge in [-0.3, -0.25) is 0 Å². The lowest BCUT2D eigenvalue weighted by atomic mass is 9.87. The minimum atomic E-state index is -0.539. The second-order valence-corrected chi connectivity index (χ2v) is 4.38. The number of aliphatic hydroxyl groups is 1. The molecule has 1 atom stereocenters. The van der Waals surface area contributed by atoms with Crippen LogP contribution in [0.2, 0.25) is 0 Å². The Morgan fingerprint density at radius 3 is 2.38 bits per heavy atom. The molecule has 1 rings (SSSR count). The number of aliphatic hydroxyl groups excluding tert-OH is 1. The van der Waals surface area contributed by atoms with Crippen molar-refractivity contribution in [3.8, 4) is 0 Å². The van der Waals surface area contributed by atoms with Crippen molar-refractivity contribution in [1.29, 1.82) is 0 Å². The Hall–Kier alpha value is -0.0800. The quantitative estimate of drug-likeness (QED) is 0.684. The van der Waals surface area contributed by atoms with Crippen molar-refractivity contribution >= 4 is 0 Å². The van der Waals surface area contributed by atoms with Crippen LogP contribution in [0.4, 0.5) is 0 Å². The van der Waals surface area contributed by atoms with Crippen LogP contribution in [0.5, 0.6) is 0 Å². The number of rotatable bonds is 4. The summed E-state index contributed by atoms with van der Waals surface area (Å²) in [7, 11) is 0. The second-order valence-electron chi connectivity index (χ2n) is 4.38. The highest BCUT2D eigenvalue weighted by Crippen LogP contribution is 2.27. The molecule has 13 heavy (non-hydrogen) atoms. The molecule has 78 valence electrons. The Morgan fingerprint density at radius 1 is 1.23 bits per heavy atom. The van der Waals surface area contributed by atoms with Crippen LogP contribution in [0.15, 0.2) is 0 Å². The molecule has 2 nitrogen and oxygen atoms in total. The SMILES string of the molecule is CC(C)OC(O)CC1CCCCC1. The molecule has 0 bridgehead atoms. The highest BCUT2D eigenvalue weighted by atomic mass is 16.6. The van der Waals surface area contributed by atoms with Gasteiger partial charge in [0.15, 0.2) is 6.29 Å². The highest BCUT2D eigenvalue weighted by molar-refractivity contribution is 4.66. The van der Waals surface area contributed by atoms with Gasteiger partial charge < -0.3 is 9.84 Å². The molecule has 0 aromatic heterocycles. The van der Waals surface area contributed by atoms with Crippen molar-refractivity contribution < 1.29 is 9.84 Å². The standard InChI is InChI=1S/C11H22O2/c1-9(2)13-11(12)8-10-6-4-3-5-7-10/h9-12H,3-8H2,1-2H3. The molecule has 0 heterocycles. The van der Waals surface area contributed by atoms with Crippen molar-refractivity contribution in [3.63, 3.8) is 0 Å². The van der Waals surface area contributed by atoms with Crippen LogP contribution in [0.3, 0.4) is 0 Å². The molecule has 0 amide bonds. The zero-order valence-corrected chi connectivity index (χ0v) is 8.83. The summed E-state index contributed by atoms with van der Waals surface area (Å²) < 4.78 is 5.31. The van der Waals surface area contributed by atoms with Gasteiger partial charge in [-0.15, -0.1) is 0 Å². The molecule has 0 aromatic carbocycles. The maximum Gasteiger partial charge on any atom is 0.155 e. The fraction of sp³-hybridized carbons (Fsp3) is 1.00. The maximum atomic E-state index is 9.55. The number of hydrogen-bond donors (Lipinski definition) is 1. The van der Waals surface area contributed by atoms with E-state index in [1.807, 2.05) is 13.8 Å². The van der Waals surface area contributed by atoms with Crippen molar-refractivity contribution in [2.24, 2.45) is 5.92 Å².